The second-order valence-corrected chi connectivity index (χ2v) is 4.15. The Hall–Kier alpha value is -1.67. The Balaban J connectivity index is 2.11. The number of thiocarbonyl (C=S) groups is 1. The average molecular weight is 226 g/mol. The lowest BCUT2D eigenvalue weighted by atomic mass is 10.00. The first kappa shape index (κ1) is 9.55. The number of fused-ring (bicyclic) bond motifs is 1. The molecule has 2 aromatic rings. The Bertz CT molecular complexity index is 533. The fourth-order valence-electron chi connectivity index (χ4n) is 2.02. The Morgan fingerprint density at radius 1 is 0.875 bits per heavy atom. The van der Waals surface area contributed by atoms with Crippen molar-refractivity contribution in [3.63, 3.8) is 0 Å². The summed E-state index contributed by atoms with van der Waals surface area (Å²) in [5.41, 5.74) is 3.36. The van der Waals surface area contributed by atoms with Gasteiger partial charge in [0.1, 0.15) is 0 Å². The van der Waals surface area contributed by atoms with Gasteiger partial charge >= 0.3 is 0 Å². The van der Waals surface area contributed by atoms with Crippen LogP contribution in [-0.2, 0) is 4.74 Å². The molecule has 78 valence electrons. The van der Waals surface area contributed by atoms with E-state index in [9.17, 15) is 0 Å². The molecule has 0 saturated carbocycles. The van der Waals surface area contributed by atoms with Crippen molar-refractivity contribution in [1.82, 2.24) is 0 Å². The minimum absolute atomic E-state index is 0.0371. The van der Waals surface area contributed by atoms with E-state index in [4.69, 9.17) is 17.0 Å². The molecule has 0 N–H and O–H groups in total. The van der Waals surface area contributed by atoms with E-state index in [-0.39, 0.29) is 6.10 Å². The number of rotatable bonds is 1. The van der Waals surface area contributed by atoms with E-state index >= 15 is 0 Å². The molecule has 0 fully saturated rings. The molecule has 0 saturated heterocycles. The highest BCUT2D eigenvalue weighted by Gasteiger charge is 2.28. The Kier molecular flexibility index (Phi) is 2.22. The van der Waals surface area contributed by atoms with Crippen LogP contribution in [0, 0.1) is 0 Å². The smallest absolute Gasteiger partial charge is 0.192 e. The highest BCUT2D eigenvalue weighted by Crippen LogP contribution is 2.35. The molecule has 0 spiro atoms. The van der Waals surface area contributed by atoms with Gasteiger partial charge in [-0.1, -0.05) is 48.5 Å². The van der Waals surface area contributed by atoms with Gasteiger partial charge in [-0.15, -0.1) is 0 Å². The molecule has 0 aliphatic carbocycles. The molecule has 1 unspecified atom stereocenters. The molecule has 0 aromatic heterocycles. The maximum Gasteiger partial charge on any atom is 0.192 e. The van der Waals surface area contributed by atoms with Crippen molar-refractivity contribution in [2.75, 3.05) is 0 Å². The van der Waals surface area contributed by atoms with Crippen LogP contribution in [0.1, 0.15) is 22.8 Å². The number of benzene rings is 2. The maximum absolute atomic E-state index is 5.75. The molecule has 16 heavy (non-hydrogen) atoms. The molecule has 0 amide bonds. The molecule has 0 bridgehead atoms. The van der Waals surface area contributed by atoms with Crippen LogP contribution >= 0.6 is 12.2 Å². The number of hydrogen-bond acceptors (Lipinski definition) is 2. The van der Waals surface area contributed by atoms with E-state index in [1.165, 1.54) is 5.56 Å². The molecule has 3 rings (SSSR count). The van der Waals surface area contributed by atoms with Crippen LogP contribution in [0.5, 0.6) is 0 Å². The second kappa shape index (κ2) is 3.72. The lowest BCUT2D eigenvalue weighted by molar-refractivity contribution is 0.259. The van der Waals surface area contributed by atoms with E-state index in [1.807, 2.05) is 36.4 Å². The van der Waals surface area contributed by atoms with Crippen molar-refractivity contribution < 1.29 is 4.74 Å². The molecule has 2 heteroatoms. The predicted molar refractivity (Wildman–Crippen MR) is 67.5 cm³/mol. The van der Waals surface area contributed by atoms with E-state index < -0.39 is 0 Å². The standard InChI is InChI=1S/C14H10OS/c16-14-12-9-5-4-8-11(12)13(15-14)10-6-2-1-3-7-10/h1-9,13H. The number of ether oxygens (including phenoxy) is 1. The molecule has 2 aromatic carbocycles. The summed E-state index contributed by atoms with van der Waals surface area (Å²) in [6, 6.07) is 18.3. The molecular formula is C14H10OS. The third kappa shape index (κ3) is 1.42. The minimum atomic E-state index is -0.0371. The van der Waals surface area contributed by atoms with Crippen LogP contribution in [0.15, 0.2) is 54.6 Å². The van der Waals surface area contributed by atoms with Crippen molar-refractivity contribution in [2.24, 2.45) is 0 Å². The molecular weight excluding hydrogens is 216 g/mol. The van der Waals surface area contributed by atoms with E-state index in [0.29, 0.717) is 5.05 Å². The fraction of sp³-hybridized carbons (Fsp3) is 0.0714. The predicted octanol–water partition coefficient (Wildman–Crippen LogP) is 3.48. The second-order valence-electron chi connectivity index (χ2n) is 3.78. The summed E-state index contributed by atoms with van der Waals surface area (Å²) in [5, 5.41) is 0.601. The first-order valence-corrected chi connectivity index (χ1v) is 5.62. The quantitative estimate of drug-likeness (QED) is 0.688. The zero-order chi connectivity index (χ0) is 11.0. The third-order valence-corrected chi connectivity index (χ3v) is 3.11. The van der Waals surface area contributed by atoms with Gasteiger partial charge in [-0.2, -0.15) is 0 Å². The summed E-state index contributed by atoms with van der Waals surface area (Å²) in [5.74, 6) is 0. The first-order chi connectivity index (χ1) is 7.86. The minimum Gasteiger partial charge on any atom is -0.470 e. The van der Waals surface area contributed by atoms with Gasteiger partial charge in [0.05, 0.1) is 0 Å². The van der Waals surface area contributed by atoms with Crippen molar-refractivity contribution in [2.45, 2.75) is 6.10 Å². The van der Waals surface area contributed by atoms with Gasteiger partial charge in [0.15, 0.2) is 11.2 Å². The van der Waals surface area contributed by atoms with E-state index in [2.05, 4.69) is 18.2 Å². The van der Waals surface area contributed by atoms with E-state index in [0.717, 1.165) is 11.1 Å². The van der Waals surface area contributed by atoms with Gasteiger partial charge in [0.25, 0.3) is 0 Å². The summed E-state index contributed by atoms with van der Waals surface area (Å²) < 4.78 is 5.75. The van der Waals surface area contributed by atoms with E-state index in [1.54, 1.807) is 0 Å². The lowest BCUT2D eigenvalue weighted by Crippen LogP contribution is -1.99. The molecule has 1 heterocycles. The largest absolute Gasteiger partial charge is 0.470 e. The molecule has 1 aliphatic heterocycles. The Labute approximate surface area is 99.7 Å². The highest BCUT2D eigenvalue weighted by atomic mass is 32.1. The van der Waals surface area contributed by atoms with Crippen LogP contribution in [0.4, 0.5) is 0 Å². The SMILES string of the molecule is S=C1OC(c2ccccc2)c2ccccc21. The van der Waals surface area contributed by atoms with Crippen LogP contribution in [0.25, 0.3) is 0 Å². The van der Waals surface area contributed by atoms with Crippen LogP contribution in [0.3, 0.4) is 0 Å². The summed E-state index contributed by atoms with van der Waals surface area (Å²) in [7, 11) is 0. The summed E-state index contributed by atoms with van der Waals surface area (Å²) in [6.07, 6.45) is -0.0371. The number of hydrogen-bond donors (Lipinski definition) is 0. The van der Waals surface area contributed by atoms with Gasteiger partial charge in [-0.3, -0.25) is 0 Å². The van der Waals surface area contributed by atoms with Crippen LogP contribution in [-0.4, -0.2) is 5.05 Å². The van der Waals surface area contributed by atoms with Crippen molar-refractivity contribution in [3.8, 4) is 0 Å². The zero-order valence-electron chi connectivity index (χ0n) is 8.59. The topological polar surface area (TPSA) is 9.23 Å². The summed E-state index contributed by atoms with van der Waals surface area (Å²) >= 11 is 5.23. The molecule has 1 aliphatic rings. The van der Waals surface area contributed by atoms with Crippen molar-refractivity contribution in [3.05, 3.63) is 71.3 Å². The Morgan fingerprint density at radius 3 is 2.38 bits per heavy atom. The molecule has 1 nitrogen and oxygen atoms in total. The lowest BCUT2D eigenvalue weighted by Gasteiger charge is -2.11. The normalized spacial score (nSPS) is 18.0. The van der Waals surface area contributed by atoms with Gasteiger partial charge in [-0.25, -0.2) is 0 Å². The maximum atomic E-state index is 5.75. The third-order valence-electron chi connectivity index (χ3n) is 2.79. The highest BCUT2D eigenvalue weighted by molar-refractivity contribution is 7.80. The molecule has 0 radical (unpaired) electrons. The van der Waals surface area contributed by atoms with Gasteiger partial charge < -0.3 is 4.74 Å². The fourth-order valence-corrected chi connectivity index (χ4v) is 2.30. The summed E-state index contributed by atoms with van der Waals surface area (Å²) in [6.45, 7) is 0. The van der Waals surface area contributed by atoms with Crippen LogP contribution in [0.2, 0.25) is 0 Å². The monoisotopic (exact) mass is 226 g/mol. The van der Waals surface area contributed by atoms with Crippen LogP contribution < -0.4 is 0 Å². The van der Waals surface area contributed by atoms with Gasteiger partial charge in [-0.05, 0) is 23.8 Å². The Morgan fingerprint density at radius 2 is 1.56 bits per heavy atom. The zero-order valence-corrected chi connectivity index (χ0v) is 9.41. The summed E-state index contributed by atoms with van der Waals surface area (Å²) in [4.78, 5) is 0. The van der Waals surface area contributed by atoms with Gasteiger partial charge in [0.2, 0.25) is 0 Å². The first-order valence-electron chi connectivity index (χ1n) is 5.21. The van der Waals surface area contributed by atoms with Crippen molar-refractivity contribution >= 4 is 17.3 Å². The van der Waals surface area contributed by atoms with Crippen molar-refractivity contribution in [1.29, 1.82) is 0 Å². The van der Waals surface area contributed by atoms with Gasteiger partial charge in [0, 0.05) is 11.1 Å². The average Bonchev–Trinajstić information content (AvgIpc) is 2.69. The molecule has 1 atom stereocenters.